The van der Waals surface area contributed by atoms with Gasteiger partial charge in [0.25, 0.3) is 10.0 Å². The predicted molar refractivity (Wildman–Crippen MR) is 74.5 cm³/mol. The van der Waals surface area contributed by atoms with Crippen molar-refractivity contribution in [2.45, 2.75) is 11.8 Å². The Balaban J connectivity index is 2.33. The van der Waals surface area contributed by atoms with Gasteiger partial charge in [0.15, 0.2) is 0 Å². The van der Waals surface area contributed by atoms with Gasteiger partial charge in [-0.25, -0.2) is 8.42 Å². The van der Waals surface area contributed by atoms with Crippen LogP contribution in [0.4, 0.5) is 11.4 Å². The number of benzene rings is 2. The van der Waals surface area contributed by atoms with Crippen molar-refractivity contribution in [2.24, 2.45) is 0 Å². The Morgan fingerprint density at radius 2 is 1.89 bits per heavy atom. The van der Waals surface area contributed by atoms with Crippen molar-refractivity contribution in [2.75, 3.05) is 10.5 Å². The smallest absolute Gasteiger partial charge is 0.261 e. The van der Waals surface area contributed by atoms with Gasteiger partial charge < -0.3 is 10.8 Å². The van der Waals surface area contributed by atoms with Crippen molar-refractivity contribution in [3.63, 3.8) is 0 Å². The van der Waals surface area contributed by atoms with E-state index in [9.17, 15) is 13.5 Å². The molecule has 5 nitrogen and oxygen atoms in total. The number of hydrogen-bond donors (Lipinski definition) is 3. The third-order valence-corrected chi connectivity index (χ3v) is 4.01. The van der Waals surface area contributed by atoms with Crippen LogP contribution < -0.4 is 10.5 Å². The van der Waals surface area contributed by atoms with Gasteiger partial charge in [0.05, 0.1) is 10.6 Å². The summed E-state index contributed by atoms with van der Waals surface area (Å²) in [5.41, 5.74) is 6.90. The summed E-state index contributed by atoms with van der Waals surface area (Å²) < 4.78 is 26.6. The molecule has 0 fully saturated rings. The van der Waals surface area contributed by atoms with Crippen LogP contribution in [-0.4, -0.2) is 13.5 Å². The van der Waals surface area contributed by atoms with E-state index in [1.807, 2.05) is 0 Å². The summed E-state index contributed by atoms with van der Waals surface area (Å²) in [5, 5.41) is 9.56. The highest BCUT2D eigenvalue weighted by Crippen LogP contribution is 2.23. The van der Waals surface area contributed by atoms with Crippen molar-refractivity contribution >= 4 is 21.4 Å². The molecule has 100 valence electrons. The van der Waals surface area contributed by atoms with Crippen molar-refractivity contribution in [3.05, 3.63) is 48.0 Å². The summed E-state index contributed by atoms with van der Waals surface area (Å²) in [5.74, 6) is 0.0350. The highest BCUT2D eigenvalue weighted by molar-refractivity contribution is 7.92. The molecule has 0 radical (unpaired) electrons. The van der Waals surface area contributed by atoms with Crippen molar-refractivity contribution < 1.29 is 13.5 Å². The van der Waals surface area contributed by atoms with Crippen LogP contribution in [0.15, 0.2) is 47.4 Å². The Morgan fingerprint density at radius 1 is 1.16 bits per heavy atom. The van der Waals surface area contributed by atoms with Crippen LogP contribution in [0.2, 0.25) is 0 Å². The molecule has 0 saturated carbocycles. The van der Waals surface area contributed by atoms with Gasteiger partial charge in [-0.3, -0.25) is 4.72 Å². The SMILES string of the molecule is Cc1ccc(NS(=O)(=O)c2cccc(N)c2)cc1O. The summed E-state index contributed by atoms with van der Waals surface area (Å²) >= 11 is 0. The fourth-order valence-corrected chi connectivity index (χ4v) is 2.67. The minimum atomic E-state index is -3.71. The molecular weight excluding hydrogens is 264 g/mol. The molecule has 0 atom stereocenters. The number of phenolic OH excluding ortho intramolecular Hbond substituents is 1. The summed E-state index contributed by atoms with van der Waals surface area (Å²) in [7, 11) is -3.71. The molecule has 0 amide bonds. The van der Waals surface area contributed by atoms with E-state index in [1.165, 1.54) is 18.2 Å². The van der Waals surface area contributed by atoms with Gasteiger partial charge >= 0.3 is 0 Å². The van der Waals surface area contributed by atoms with E-state index in [4.69, 9.17) is 5.73 Å². The zero-order valence-corrected chi connectivity index (χ0v) is 11.1. The van der Waals surface area contributed by atoms with Gasteiger partial charge in [-0.2, -0.15) is 0 Å². The van der Waals surface area contributed by atoms with E-state index < -0.39 is 10.0 Å². The first-order chi connectivity index (χ1) is 8.88. The number of aryl methyl sites for hydroxylation is 1. The van der Waals surface area contributed by atoms with Crippen LogP contribution in [0.1, 0.15) is 5.56 Å². The van der Waals surface area contributed by atoms with Crippen LogP contribution in [0.25, 0.3) is 0 Å². The molecule has 0 bridgehead atoms. The van der Waals surface area contributed by atoms with E-state index in [-0.39, 0.29) is 10.6 Å². The normalized spacial score (nSPS) is 11.2. The quantitative estimate of drug-likeness (QED) is 0.749. The topological polar surface area (TPSA) is 92.4 Å². The van der Waals surface area contributed by atoms with E-state index in [0.29, 0.717) is 16.9 Å². The fourth-order valence-electron chi connectivity index (χ4n) is 1.57. The number of phenols is 1. The fraction of sp³-hybridized carbons (Fsp3) is 0.0769. The molecule has 2 aromatic carbocycles. The molecule has 0 heterocycles. The molecule has 0 aliphatic heterocycles. The summed E-state index contributed by atoms with van der Waals surface area (Å²) in [6.07, 6.45) is 0. The number of nitrogens with one attached hydrogen (secondary N) is 1. The zero-order valence-electron chi connectivity index (χ0n) is 10.3. The maximum Gasteiger partial charge on any atom is 0.261 e. The highest BCUT2D eigenvalue weighted by atomic mass is 32.2. The molecule has 2 aromatic rings. The number of rotatable bonds is 3. The Bertz CT molecular complexity index is 712. The van der Waals surface area contributed by atoms with Crippen LogP contribution in [0, 0.1) is 6.92 Å². The molecule has 19 heavy (non-hydrogen) atoms. The van der Waals surface area contributed by atoms with Crippen molar-refractivity contribution in [1.29, 1.82) is 0 Å². The van der Waals surface area contributed by atoms with Gasteiger partial charge in [-0.15, -0.1) is 0 Å². The van der Waals surface area contributed by atoms with Gasteiger partial charge in [0.2, 0.25) is 0 Å². The molecular formula is C13H14N2O3S. The Hall–Kier alpha value is -2.21. The third-order valence-electron chi connectivity index (χ3n) is 2.63. The average Bonchev–Trinajstić information content (AvgIpc) is 2.33. The van der Waals surface area contributed by atoms with Gasteiger partial charge in [-0.05, 0) is 36.8 Å². The first kappa shape index (κ1) is 13.2. The predicted octanol–water partition coefficient (Wildman–Crippen LogP) is 2.08. The molecule has 0 aromatic heterocycles. The first-order valence-corrected chi connectivity index (χ1v) is 7.05. The number of hydrogen-bond acceptors (Lipinski definition) is 4. The zero-order chi connectivity index (χ0) is 14.0. The summed E-state index contributed by atoms with van der Waals surface area (Å²) in [6.45, 7) is 1.73. The number of aromatic hydroxyl groups is 1. The minimum absolute atomic E-state index is 0.0350. The molecule has 4 N–H and O–H groups in total. The van der Waals surface area contributed by atoms with Gasteiger partial charge in [0.1, 0.15) is 5.75 Å². The second-order valence-electron chi connectivity index (χ2n) is 4.18. The van der Waals surface area contributed by atoms with E-state index >= 15 is 0 Å². The average molecular weight is 278 g/mol. The molecule has 2 rings (SSSR count). The molecule has 6 heteroatoms. The van der Waals surface area contributed by atoms with Gasteiger partial charge in [0, 0.05) is 11.8 Å². The van der Waals surface area contributed by atoms with Crippen LogP contribution in [0.5, 0.6) is 5.75 Å². The van der Waals surface area contributed by atoms with Crippen molar-refractivity contribution in [1.82, 2.24) is 0 Å². The second kappa shape index (κ2) is 4.81. The summed E-state index contributed by atoms with van der Waals surface area (Å²) in [4.78, 5) is 0.0764. The third kappa shape index (κ3) is 2.97. The minimum Gasteiger partial charge on any atom is -0.508 e. The molecule has 0 aliphatic rings. The summed E-state index contributed by atoms with van der Waals surface area (Å²) in [6, 6.07) is 10.6. The highest BCUT2D eigenvalue weighted by Gasteiger charge is 2.14. The Morgan fingerprint density at radius 3 is 2.53 bits per heavy atom. The lowest BCUT2D eigenvalue weighted by atomic mass is 10.2. The molecule has 0 aliphatic carbocycles. The van der Waals surface area contributed by atoms with E-state index in [0.717, 1.165) is 0 Å². The van der Waals surface area contributed by atoms with Crippen LogP contribution in [-0.2, 0) is 10.0 Å². The number of sulfonamides is 1. The second-order valence-corrected chi connectivity index (χ2v) is 5.86. The molecule has 0 unspecified atom stereocenters. The van der Waals surface area contributed by atoms with Crippen LogP contribution >= 0.6 is 0 Å². The molecule has 0 spiro atoms. The maximum absolute atomic E-state index is 12.1. The van der Waals surface area contributed by atoms with E-state index in [1.54, 1.807) is 31.2 Å². The van der Waals surface area contributed by atoms with Gasteiger partial charge in [-0.1, -0.05) is 12.1 Å². The monoisotopic (exact) mass is 278 g/mol. The maximum atomic E-state index is 12.1. The van der Waals surface area contributed by atoms with Crippen LogP contribution in [0.3, 0.4) is 0 Å². The lowest BCUT2D eigenvalue weighted by Gasteiger charge is -2.09. The standard InChI is InChI=1S/C13H14N2O3S/c1-9-5-6-11(8-13(9)16)15-19(17,18)12-4-2-3-10(14)7-12/h2-8,15-16H,14H2,1H3. The van der Waals surface area contributed by atoms with E-state index in [2.05, 4.69) is 4.72 Å². The lowest BCUT2D eigenvalue weighted by molar-refractivity contribution is 0.471. The number of anilines is 2. The molecule has 0 saturated heterocycles. The Labute approximate surface area is 111 Å². The first-order valence-electron chi connectivity index (χ1n) is 5.56. The lowest BCUT2D eigenvalue weighted by Crippen LogP contribution is -2.13. The Kier molecular flexibility index (Phi) is 3.35. The largest absolute Gasteiger partial charge is 0.508 e. The van der Waals surface area contributed by atoms with Crippen molar-refractivity contribution in [3.8, 4) is 5.75 Å². The number of nitrogen functional groups attached to an aromatic ring is 1. The number of nitrogens with two attached hydrogens (primary N) is 1.